The zero-order valence-corrected chi connectivity index (χ0v) is 13.0. The van der Waals surface area contributed by atoms with E-state index in [1.165, 1.54) is 17.7 Å². The Morgan fingerprint density at radius 1 is 1.18 bits per heavy atom. The van der Waals surface area contributed by atoms with Gasteiger partial charge in [-0.3, -0.25) is 9.20 Å². The van der Waals surface area contributed by atoms with E-state index in [0.717, 1.165) is 48.4 Å². The van der Waals surface area contributed by atoms with Gasteiger partial charge in [-0.15, -0.1) is 0 Å². The summed E-state index contributed by atoms with van der Waals surface area (Å²) in [4.78, 5) is 13.0. The van der Waals surface area contributed by atoms with Gasteiger partial charge in [-0.25, -0.2) is 0 Å². The molecule has 0 fully saturated rings. The Morgan fingerprint density at radius 2 is 1.95 bits per heavy atom. The van der Waals surface area contributed by atoms with Crippen molar-refractivity contribution in [3.63, 3.8) is 0 Å². The van der Waals surface area contributed by atoms with Gasteiger partial charge in [0, 0.05) is 16.5 Å². The summed E-state index contributed by atoms with van der Waals surface area (Å²) in [6.07, 6.45) is 6.95. The summed E-state index contributed by atoms with van der Waals surface area (Å²) in [5, 5.41) is 12.6. The van der Waals surface area contributed by atoms with Crippen LogP contribution in [0.4, 0.5) is 0 Å². The Hall–Kier alpha value is -2.03. The molecule has 3 aromatic rings. The molecule has 1 aromatic carbocycles. The first-order chi connectivity index (χ1) is 10.7. The molecule has 22 heavy (non-hydrogen) atoms. The van der Waals surface area contributed by atoms with E-state index in [0.29, 0.717) is 12.0 Å². The first-order valence-corrected chi connectivity index (χ1v) is 8.36. The largest absolute Gasteiger partial charge is 0.507 e. The average molecular weight is 295 g/mol. The summed E-state index contributed by atoms with van der Waals surface area (Å²) >= 11 is 0. The molecule has 0 unspecified atom stereocenters. The normalized spacial score (nSPS) is 14.8. The highest BCUT2D eigenvalue weighted by Gasteiger charge is 2.24. The van der Waals surface area contributed by atoms with E-state index < -0.39 is 0 Å². The Morgan fingerprint density at radius 3 is 2.77 bits per heavy atom. The Labute approximate surface area is 129 Å². The van der Waals surface area contributed by atoms with Crippen molar-refractivity contribution in [3.05, 3.63) is 45.4 Å². The minimum absolute atomic E-state index is 0.00204. The number of aromatic nitrogens is 1. The van der Waals surface area contributed by atoms with E-state index in [2.05, 4.69) is 13.0 Å². The first-order valence-electron chi connectivity index (χ1n) is 8.36. The number of hydrogen-bond donors (Lipinski definition) is 1. The van der Waals surface area contributed by atoms with E-state index in [1.807, 2.05) is 16.5 Å². The van der Waals surface area contributed by atoms with Gasteiger partial charge < -0.3 is 5.11 Å². The second-order valence-electron chi connectivity index (χ2n) is 6.41. The fourth-order valence-electron chi connectivity index (χ4n) is 3.98. The summed E-state index contributed by atoms with van der Waals surface area (Å²) in [5.74, 6) is 0.200. The smallest absolute Gasteiger partial charge is 0.262 e. The van der Waals surface area contributed by atoms with Crippen molar-refractivity contribution in [2.75, 3.05) is 0 Å². The van der Waals surface area contributed by atoms with Crippen LogP contribution in [-0.2, 0) is 19.3 Å². The topological polar surface area (TPSA) is 41.7 Å². The third-order valence-electron chi connectivity index (χ3n) is 5.08. The van der Waals surface area contributed by atoms with Crippen molar-refractivity contribution < 1.29 is 5.11 Å². The number of fused-ring (bicyclic) bond motifs is 3. The molecule has 2 heterocycles. The van der Waals surface area contributed by atoms with Crippen LogP contribution in [0.15, 0.2) is 23.0 Å². The lowest BCUT2D eigenvalue weighted by atomic mass is 9.95. The van der Waals surface area contributed by atoms with Crippen LogP contribution in [0.1, 0.15) is 49.4 Å². The van der Waals surface area contributed by atoms with E-state index >= 15 is 0 Å². The van der Waals surface area contributed by atoms with E-state index in [4.69, 9.17) is 0 Å². The Kier molecular flexibility index (Phi) is 3.10. The average Bonchev–Trinajstić information content (AvgIpc) is 2.88. The van der Waals surface area contributed by atoms with Crippen LogP contribution in [0.3, 0.4) is 0 Å². The van der Waals surface area contributed by atoms with Crippen molar-refractivity contribution in [1.82, 2.24) is 4.40 Å². The molecule has 3 heteroatoms. The molecule has 0 amide bonds. The van der Waals surface area contributed by atoms with Gasteiger partial charge in [0.1, 0.15) is 5.75 Å². The fourth-order valence-corrected chi connectivity index (χ4v) is 3.98. The monoisotopic (exact) mass is 295 g/mol. The number of unbranched alkanes of at least 4 members (excludes halogenated alkanes) is 1. The molecule has 0 spiro atoms. The molecule has 114 valence electrons. The minimum Gasteiger partial charge on any atom is -0.507 e. The van der Waals surface area contributed by atoms with E-state index in [-0.39, 0.29) is 11.3 Å². The molecular weight excluding hydrogens is 274 g/mol. The van der Waals surface area contributed by atoms with Crippen molar-refractivity contribution in [2.45, 2.75) is 51.9 Å². The highest BCUT2D eigenvalue weighted by molar-refractivity contribution is 6.02. The van der Waals surface area contributed by atoms with Crippen LogP contribution in [0.2, 0.25) is 0 Å². The summed E-state index contributed by atoms with van der Waals surface area (Å²) in [6, 6.07) is 6.04. The van der Waals surface area contributed by atoms with Gasteiger partial charge in [0.15, 0.2) is 0 Å². The molecule has 1 aliphatic carbocycles. The van der Waals surface area contributed by atoms with Gasteiger partial charge in [0.2, 0.25) is 0 Å². The molecule has 3 nitrogen and oxygen atoms in total. The molecule has 1 aliphatic rings. The number of para-hydroxylation sites is 1. The summed E-state index contributed by atoms with van der Waals surface area (Å²) in [5.41, 5.74) is 4.02. The summed E-state index contributed by atoms with van der Waals surface area (Å²) < 4.78 is 1.91. The van der Waals surface area contributed by atoms with Crippen LogP contribution >= 0.6 is 0 Å². The van der Waals surface area contributed by atoms with Crippen molar-refractivity contribution in [2.24, 2.45) is 0 Å². The molecule has 0 aliphatic heterocycles. The number of aromatic hydroxyl groups is 1. The zero-order chi connectivity index (χ0) is 15.3. The lowest BCUT2D eigenvalue weighted by Crippen LogP contribution is -2.21. The summed E-state index contributed by atoms with van der Waals surface area (Å²) in [6.45, 7) is 2.11. The number of nitrogens with zero attached hydrogens (tertiary/aromatic N) is 1. The third kappa shape index (κ3) is 1.71. The molecule has 0 bridgehead atoms. The highest BCUT2D eigenvalue weighted by atomic mass is 16.3. The van der Waals surface area contributed by atoms with Gasteiger partial charge in [-0.05, 0) is 50.2 Å². The Balaban J connectivity index is 2.15. The molecule has 0 saturated carbocycles. The standard InChI is InChI=1S/C19H21NO2/c1-2-3-7-15-18(21)14-10-6-9-13-12-8-4-5-11-16(12)20(17(13)14)19(15)22/h6,9-10,21H,2-5,7-8,11H2,1H3. The SMILES string of the molecule is CCCCc1c(O)c2cccc3c4c(n(c1=O)c23)CCCC4. The molecule has 0 radical (unpaired) electrons. The fraction of sp³-hybridized carbons (Fsp3) is 0.421. The van der Waals surface area contributed by atoms with Crippen molar-refractivity contribution >= 4 is 16.3 Å². The van der Waals surface area contributed by atoms with Gasteiger partial charge >= 0.3 is 0 Å². The highest BCUT2D eigenvalue weighted by Crippen LogP contribution is 2.37. The van der Waals surface area contributed by atoms with E-state index in [9.17, 15) is 9.90 Å². The third-order valence-corrected chi connectivity index (χ3v) is 5.08. The lowest BCUT2D eigenvalue weighted by molar-refractivity contribution is 0.471. The molecule has 1 N–H and O–H groups in total. The maximum atomic E-state index is 13.0. The maximum absolute atomic E-state index is 13.0. The molecular formula is C19H21NO2. The van der Waals surface area contributed by atoms with Crippen LogP contribution in [0, 0.1) is 0 Å². The molecule has 2 aromatic heterocycles. The molecule has 0 atom stereocenters. The van der Waals surface area contributed by atoms with Gasteiger partial charge in [-0.1, -0.05) is 25.5 Å². The molecule has 4 rings (SSSR count). The molecule has 0 saturated heterocycles. The van der Waals surface area contributed by atoms with E-state index in [1.54, 1.807) is 0 Å². The predicted molar refractivity (Wildman–Crippen MR) is 89.3 cm³/mol. The minimum atomic E-state index is -0.00204. The first kappa shape index (κ1) is 13.6. The van der Waals surface area contributed by atoms with Crippen LogP contribution in [0.25, 0.3) is 16.3 Å². The van der Waals surface area contributed by atoms with Gasteiger partial charge in [0.25, 0.3) is 5.56 Å². The quantitative estimate of drug-likeness (QED) is 0.798. The van der Waals surface area contributed by atoms with Crippen LogP contribution in [0.5, 0.6) is 5.75 Å². The van der Waals surface area contributed by atoms with Crippen molar-refractivity contribution in [3.8, 4) is 5.75 Å². The zero-order valence-electron chi connectivity index (χ0n) is 13.0. The lowest BCUT2D eigenvalue weighted by Gasteiger charge is -2.13. The number of benzene rings is 1. The van der Waals surface area contributed by atoms with Crippen LogP contribution in [-0.4, -0.2) is 9.51 Å². The Bertz CT molecular complexity index is 907. The predicted octanol–water partition coefficient (Wildman–Crippen LogP) is 3.82. The number of rotatable bonds is 3. The maximum Gasteiger partial charge on any atom is 0.262 e. The van der Waals surface area contributed by atoms with Gasteiger partial charge in [-0.2, -0.15) is 0 Å². The number of pyridine rings is 1. The number of hydrogen-bond acceptors (Lipinski definition) is 2. The van der Waals surface area contributed by atoms with Crippen LogP contribution < -0.4 is 5.56 Å². The van der Waals surface area contributed by atoms with Crippen molar-refractivity contribution in [1.29, 1.82) is 0 Å². The second-order valence-corrected chi connectivity index (χ2v) is 6.41. The number of aryl methyl sites for hydroxylation is 2. The summed E-state index contributed by atoms with van der Waals surface area (Å²) in [7, 11) is 0. The van der Waals surface area contributed by atoms with Gasteiger partial charge in [0.05, 0.1) is 11.1 Å². The second kappa shape index (κ2) is 5.01.